The highest BCUT2D eigenvalue weighted by atomic mass is 32.1. The second-order valence-corrected chi connectivity index (χ2v) is 7.11. The van der Waals surface area contributed by atoms with Gasteiger partial charge in [0.15, 0.2) is 10.8 Å². The van der Waals surface area contributed by atoms with Crippen LogP contribution in [0.3, 0.4) is 0 Å². The summed E-state index contributed by atoms with van der Waals surface area (Å²) in [4.78, 5) is 18.2. The number of nitrogens with one attached hydrogen (secondary N) is 1. The highest BCUT2D eigenvalue weighted by Gasteiger charge is 2.17. The Balaban J connectivity index is 1.50. The average Bonchev–Trinajstić information content (AvgIpc) is 3.18. The summed E-state index contributed by atoms with van der Waals surface area (Å²) >= 11 is 1.55. The van der Waals surface area contributed by atoms with E-state index in [1.807, 2.05) is 0 Å². The van der Waals surface area contributed by atoms with Crippen LogP contribution < -0.4 is 5.32 Å². The Morgan fingerprint density at radius 3 is 2.96 bits per heavy atom. The van der Waals surface area contributed by atoms with Crippen molar-refractivity contribution >= 4 is 22.4 Å². The van der Waals surface area contributed by atoms with Gasteiger partial charge in [-0.3, -0.25) is 10.1 Å². The number of hydrogen-bond acceptors (Lipinski definition) is 4. The maximum Gasteiger partial charge on any atom is 0.277 e. The van der Waals surface area contributed by atoms with Crippen LogP contribution in [-0.4, -0.2) is 20.7 Å². The fourth-order valence-corrected chi connectivity index (χ4v) is 4.00. The van der Waals surface area contributed by atoms with Crippen LogP contribution in [0.2, 0.25) is 0 Å². The van der Waals surface area contributed by atoms with Crippen LogP contribution >= 0.6 is 11.3 Å². The lowest BCUT2D eigenvalue weighted by molar-refractivity contribution is 0.102. The van der Waals surface area contributed by atoms with E-state index in [9.17, 15) is 9.18 Å². The summed E-state index contributed by atoms with van der Waals surface area (Å²) in [6, 6.07) is 7.68. The lowest BCUT2D eigenvalue weighted by atomic mass is 10.2. The molecular formula is C18H17FN4OS. The lowest BCUT2D eigenvalue weighted by Gasteiger charge is -2.01. The Bertz CT molecular complexity index is 894. The molecule has 1 aromatic carbocycles. The monoisotopic (exact) mass is 356 g/mol. The van der Waals surface area contributed by atoms with E-state index in [1.54, 1.807) is 35.7 Å². The van der Waals surface area contributed by atoms with Crippen molar-refractivity contribution in [2.45, 2.75) is 32.1 Å². The number of anilines is 1. The van der Waals surface area contributed by atoms with E-state index in [4.69, 9.17) is 0 Å². The quantitative estimate of drug-likeness (QED) is 0.722. The molecule has 0 spiro atoms. The van der Waals surface area contributed by atoms with Gasteiger partial charge in [-0.25, -0.2) is 14.1 Å². The third-order valence-corrected chi connectivity index (χ3v) is 5.28. The van der Waals surface area contributed by atoms with Gasteiger partial charge in [-0.1, -0.05) is 12.5 Å². The van der Waals surface area contributed by atoms with E-state index < -0.39 is 0 Å². The largest absolute Gasteiger partial charge is 0.296 e. The normalized spacial score (nSPS) is 14.0. The summed E-state index contributed by atoms with van der Waals surface area (Å²) < 4.78 is 14.8. The van der Waals surface area contributed by atoms with E-state index >= 15 is 0 Å². The Hall–Kier alpha value is -2.54. The molecule has 4 rings (SSSR count). The van der Waals surface area contributed by atoms with Crippen molar-refractivity contribution in [3.05, 3.63) is 58.6 Å². The predicted molar refractivity (Wildman–Crippen MR) is 94.8 cm³/mol. The first kappa shape index (κ1) is 16.0. The van der Waals surface area contributed by atoms with Gasteiger partial charge in [0.2, 0.25) is 0 Å². The zero-order valence-electron chi connectivity index (χ0n) is 13.5. The smallest absolute Gasteiger partial charge is 0.277 e. The molecule has 25 heavy (non-hydrogen) atoms. The molecule has 128 valence electrons. The van der Waals surface area contributed by atoms with Crippen molar-refractivity contribution in [3.63, 3.8) is 0 Å². The van der Waals surface area contributed by atoms with Gasteiger partial charge in [0, 0.05) is 11.1 Å². The number of aryl methyl sites for hydroxylation is 2. The average molecular weight is 356 g/mol. The predicted octanol–water partition coefficient (Wildman–Crippen LogP) is 3.99. The van der Waals surface area contributed by atoms with Crippen molar-refractivity contribution in [1.82, 2.24) is 14.8 Å². The van der Waals surface area contributed by atoms with Crippen LogP contribution in [-0.2, 0) is 12.8 Å². The first-order valence-electron chi connectivity index (χ1n) is 8.30. The second kappa shape index (κ2) is 6.76. The molecule has 0 radical (unpaired) electrons. The van der Waals surface area contributed by atoms with Gasteiger partial charge < -0.3 is 0 Å². The van der Waals surface area contributed by atoms with E-state index in [0.29, 0.717) is 10.8 Å². The Labute approximate surface area is 148 Å². The molecule has 1 aliphatic rings. The van der Waals surface area contributed by atoms with Gasteiger partial charge in [0.1, 0.15) is 5.82 Å². The van der Waals surface area contributed by atoms with Crippen molar-refractivity contribution in [2.75, 3.05) is 5.32 Å². The maximum atomic E-state index is 13.3. The Morgan fingerprint density at radius 1 is 1.20 bits per heavy atom. The summed E-state index contributed by atoms with van der Waals surface area (Å²) in [7, 11) is 0. The van der Waals surface area contributed by atoms with Crippen molar-refractivity contribution < 1.29 is 9.18 Å². The van der Waals surface area contributed by atoms with Gasteiger partial charge in [-0.15, -0.1) is 11.3 Å². The molecule has 5 nitrogen and oxygen atoms in total. The minimum atomic E-state index is -0.344. The number of carbonyl (C=O) groups excluding carboxylic acids is 1. The molecule has 0 bridgehead atoms. The van der Waals surface area contributed by atoms with Gasteiger partial charge in [-0.05, 0) is 49.9 Å². The fourth-order valence-electron chi connectivity index (χ4n) is 2.95. The molecule has 2 heterocycles. The zero-order valence-corrected chi connectivity index (χ0v) is 14.4. The molecule has 0 saturated carbocycles. The van der Waals surface area contributed by atoms with Gasteiger partial charge in [0.05, 0.1) is 11.4 Å². The SMILES string of the molecule is O=C(Nc1nc2c(s1)CCCCC2)c1ccn(-c2cccc(F)c2)n1. The first-order valence-corrected chi connectivity index (χ1v) is 9.12. The zero-order chi connectivity index (χ0) is 17.2. The highest BCUT2D eigenvalue weighted by Crippen LogP contribution is 2.29. The van der Waals surface area contributed by atoms with E-state index in [-0.39, 0.29) is 17.4 Å². The molecule has 2 aromatic heterocycles. The summed E-state index contributed by atoms with van der Waals surface area (Å²) in [6.07, 6.45) is 7.23. The Kier molecular flexibility index (Phi) is 4.31. The number of benzene rings is 1. The maximum absolute atomic E-state index is 13.3. The van der Waals surface area contributed by atoms with E-state index in [1.165, 1.54) is 34.5 Å². The molecule has 3 aromatic rings. The third kappa shape index (κ3) is 3.46. The summed E-state index contributed by atoms with van der Waals surface area (Å²) in [5.41, 5.74) is 1.96. The van der Waals surface area contributed by atoms with Crippen LogP contribution in [0.25, 0.3) is 5.69 Å². The summed E-state index contributed by atoms with van der Waals surface area (Å²) in [5.74, 6) is -0.651. The van der Waals surface area contributed by atoms with Gasteiger partial charge >= 0.3 is 0 Å². The van der Waals surface area contributed by atoms with Crippen molar-refractivity contribution in [3.8, 4) is 5.69 Å². The van der Waals surface area contributed by atoms with Crippen LogP contribution in [0.1, 0.15) is 40.3 Å². The number of hydrogen-bond donors (Lipinski definition) is 1. The fraction of sp³-hybridized carbons (Fsp3) is 0.278. The summed E-state index contributed by atoms with van der Waals surface area (Å²) in [5, 5.41) is 7.68. The number of fused-ring (bicyclic) bond motifs is 1. The number of carbonyl (C=O) groups is 1. The molecule has 1 aliphatic carbocycles. The molecule has 0 aliphatic heterocycles. The van der Waals surface area contributed by atoms with Crippen LogP contribution in [0.4, 0.5) is 9.52 Å². The number of thiazole rings is 1. The van der Waals surface area contributed by atoms with E-state index in [0.717, 1.165) is 25.0 Å². The molecule has 7 heteroatoms. The number of amides is 1. The highest BCUT2D eigenvalue weighted by molar-refractivity contribution is 7.15. The topological polar surface area (TPSA) is 59.8 Å². The van der Waals surface area contributed by atoms with Gasteiger partial charge in [0.25, 0.3) is 5.91 Å². The van der Waals surface area contributed by atoms with Crippen LogP contribution in [0, 0.1) is 5.82 Å². The molecule has 0 fully saturated rings. The van der Waals surface area contributed by atoms with Crippen LogP contribution in [0.15, 0.2) is 36.5 Å². The minimum Gasteiger partial charge on any atom is -0.296 e. The molecule has 0 saturated heterocycles. The number of aromatic nitrogens is 3. The number of halogens is 1. The Morgan fingerprint density at radius 2 is 2.08 bits per heavy atom. The molecule has 0 atom stereocenters. The standard InChI is InChI=1S/C18H17FN4OS/c19-12-5-4-6-13(11-12)23-10-9-15(22-23)17(24)21-18-20-14-7-2-1-3-8-16(14)25-18/h4-6,9-11H,1-3,7-8H2,(H,20,21,24). The number of rotatable bonds is 3. The summed E-state index contributed by atoms with van der Waals surface area (Å²) in [6.45, 7) is 0. The molecule has 1 amide bonds. The van der Waals surface area contributed by atoms with Crippen molar-refractivity contribution in [1.29, 1.82) is 0 Å². The number of nitrogens with zero attached hydrogens (tertiary/aromatic N) is 3. The van der Waals surface area contributed by atoms with Gasteiger partial charge in [-0.2, -0.15) is 5.10 Å². The minimum absolute atomic E-state index is 0.273. The second-order valence-electron chi connectivity index (χ2n) is 6.03. The molecule has 1 N–H and O–H groups in total. The van der Waals surface area contributed by atoms with E-state index in [2.05, 4.69) is 15.4 Å². The lowest BCUT2D eigenvalue weighted by Crippen LogP contribution is -2.13. The molecule has 0 unspecified atom stereocenters. The van der Waals surface area contributed by atoms with Crippen LogP contribution in [0.5, 0.6) is 0 Å². The molecular weight excluding hydrogens is 339 g/mol. The van der Waals surface area contributed by atoms with Crippen molar-refractivity contribution in [2.24, 2.45) is 0 Å². The first-order chi connectivity index (χ1) is 12.2. The third-order valence-electron chi connectivity index (χ3n) is 4.21.